The first-order valence-electron chi connectivity index (χ1n) is 10.6. The first-order chi connectivity index (χ1) is 15.1. The predicted octanol–water partition coefficient (Wildman–Crippen LogP) is 3.11. The van der Waals surface area contributed by atoms with Crippen molar-refractivity contribution in [2.24, 2.45) is 0 Å². The lowest BCUT2D eigenvalue weighted by atomic mass is 10.0. The van der Waals surface area contributed by atoms with E-state index in [0.717, 1.165) is 52.7 Å². The van der Waals surface area contributed by atoms with Gasteiger partial charge in [-0.25, -0.2) is 0 Å². The monoisotopic (exact) mass is 418 g/mol. The summed E-state index contributed by atoms with van der Waals surface area (Å²) in [6.45, 7) is 5.81. The number of carbonyl (C=O) groups is 1. The minimum atomic E-state index is 0.0981. The topological polar surface area (TPSA) is 59.8 Å². The van der Waals surface area contributed by atoms with Gasteiger partial charge in [-0.15, -0.1) is 0 Å². The van der Waals surface area contributed by atoms with Crippen LogP contribution in [-0.4, -0.2) is 53.9 Å². The van der Waals surface area contributed by atoms with Crippen molar-refractivity contribution >= 4 is 11.6 Å². The summed E-state index contributed by atoms with van der Waals surface area (Å²) in [4.78, 5) is 17.3. The second kappa shape index (κ2) is 7.98. The summed E-state index contributed by atoms with van der Waals surface area (Å²) in [5.41, 5.74) is 5.34. The molecule has 2 aromatic carbocycles. The molecule has 1 fully saturated rings. The van der Waals surface area contributed by atoms with Crippen LogP contribution in [0.5, 0.6) is 11.5 Å². The molecule has 1 aromatic heterocycles. The zero-order chi connectivity index (χ0) is 21.4. The standard InChI is InChI=1S/C24H26N4O3/c1-17-3-8-22-21(13-17)24-18(16-31-22)14-25-28(24)15-23(29)27-11-9-26(10-12-27)19-4-6-20(30-2)7-5-19/h3-8,13-14H,9-12,15-16H2,1-2H3. The van der Waals surface area contributed by atoms with Gasteiger partial charge in [0.05, 0.1) is 19.0 Å². The van der Waals surface area contributed by atoms with Crippen molar-refractivity contribution in [1.82, 2.24) is 14.7 Å². The maximum absolute atomic E-state index is 13.1. The number of anilines is 1. The number of ether oxygens (including phenoxy) is 2. The van der Waals surface area contributed by atoms with Crippen molar-refractivity contribution in [2.45, 2.75) is 20.1 Å². The van der Waals surface area contributed by atoms with E-state index in [4.69, 9.17) is 9.47 Å². The van der Waals surface area contributed by atoms with E-state index < -0.39 is 0 Å². The molecule has 7 heteroatoms. The first kappa shape index (κ1) is 19.5. The zero-order valence-electron chi connectivity index (χ0n) is 17.9. The van der Waals surface area contributed by atoms with Gasteiger partial charge in [-0.2, -0.15) is 5.10 Å². The van der Waals surface area contributed by atoms with Gasteiger partial charge in [0.15, 0.2) is 0 Å². The van der Waals surface area contributed by atoms with Gasteiger partial charge in [-0.05, 0) is 43.3 Å². The number of methoxy groups -OCH3 is 1. The highest BCUT2D eigenvalue weighted by Gasteiger charge is 2.26. The average molecular weight is 418 g/mol. The lowest BCUT2D eigenvalue weighted by Crippen LogP contribution is -2.49. The Hall–Kier alpha value is -3.48. The SMILES string of the molecule is COc1ccc(N2CCN(C(=O)Cn3ncc4c3-c3cc(C)ccc3OC4)CC2)cc1. The fourth-order valence-electron chi connectivity index (χ4n) is 4.31. The maximum Gasteiger partial charge on any atom is 0.244 e. The van der Waals surface area contributed by atoms with E-state index in [2.05, 4.69) is 35.1 Å². The Labute approximate surface area is 181 Å². The van der Waals surface area contributed by atoms with Crippen LogP contribution in [0.25, 0.3) is 11.3 Å². The smallest absolute Gasteiger partial charge is 0.244 e. The van der Waals surface area contributed by atoms with Gasteiger partial charge in [-0.3, -0.25) is 9.48 Å². The number of aryl methyl sites for hydroxylation is 1. The van der Waals surface area contributed by atoms with E-state index >= 15 is 0 Å². The van der Waals surface area contributed by atoms with Crippen LogP contribution in [0.1, 0.15) is 11.1 Å². The molecule has 5 rings (SSSR count). The predicted molar refractivity (Wildman–Crippen MR) is 119 cm³/mol. The molecule has 0 aliphatic carbocycles. The molecule has 3 aromatic rings. The highest BCUT2D eigenvalue weighted by atomic mass is 16.5. The minimum Gasteiger partial charge on any atom is -0.497 e. The molecule has 0 bridgehead atoms. The van der Waals surface area contributed by atoms with Crippen LogP contribution in [0.3, 0.4) is 0 Å². The van der Waals surface area contributed by atoms with Gasteiger partial charge in [0, 0.05) is 43.0 Å². The van der Waals surface area contributed by atoms with Crippen LogP contribution < -0.4 is 14.4 Å². The van der Waals surface area contributed by atoms with Gasteiger partial charge in [0.2, 0.25) is 5.91 Å². The van der Waals surface area contributed by atoms with Crippen molar-refractivity contribution in [2.75, 3.05) is 38.2 Å². The summed E-state index contributed by atoms with van der Waals surface area (Å²) in [7, 11) is 1.67. The van der Waals surface area contributed by atoms with Crippen molar-refractivity contribution in [3.63, 3.8) is 0 Å². The van der Waals surface area contributed by atoms with E-state index in [0.29, 0.717) is 19.7 Å². The van der Waals surface area contributed by atoms with Crippen LogP contribution in [0.4, 0.5) is 5.69 Å². The molecule has 3 heterocycles. The van der Waals surface area contributed by atoms with Crippen LogP contribution in [0.15, 0.2) is 48.7 Å². The van der Waals surface area contributed by atoms with E-state index in [9.17, 15) is 4.79 Å². The number of fused-ring (bicyclic) bond motifs is 3. The number of benzene rings is 2. The Morgan fingerprint density at radius 1 is 1.10 bits per heavy atom. The lowest BCUT2D eigenvalue weighted by molar-refractivity contribution is -0.132. The van der Waals surface area contributed by atoms with Crippen LogP contribution in [-0.2, 0) is 17.9 Å². The van der Waals surface area contributed by atoms with Crippen LogP contribution in [0, 0.1) is 6.92 Å². The molecule has 0 unspecified atom stereocenters. The molecule has 1 saturated heterocycles. The number of amides is 1. The largest absolute Gasteiger partial charge is 0.497 e. The summed E-state index contributed by atoms with van der Waals surface area (Å²) in [6, 6.07) is 14.2. The van der Waals surface area contributed by atoms with Gasteiger partial charge in [0.1, 0.15) is 24.7 Å². The van der Waals surface area contributed by atoms with Gasteiger partial charge in [0.25, 0.3) is 0 Å². The fourth-order valence-corrected chi connectivity index (χ4v) is 4.31. The minimum absolute atomic E-state index is 0.0981. The van der Waals surface area contributed by atoms with E-state index in [1.165, 1.54) is 0 Å². The Balaban J connectivity index is 1.27. The molecular weight excluding hydrogens is 392 g/mol. The Morgan fingerprint density at radius 3 is 2.61 bits per heavy atom. The van der Waals surface area contributed by atoms with Crippen molar-refractivity contribution in [3.05, 3.63) is 59.8 Å². The Kier molecular flexibility index (Phi) is 5.02. The highest BCUT2D eigenvalue weighted by Crippen LogP contribution is 2.38. The van der Waals surface area contributed by atoms with E-state index in [1.807, 2.05) is 40.0 Å². The molecule has 0 spiro atoms. The summed E-state index contributed by atoms with van der Waals surface area (Å²) >= 11 is 0. The van der Waals surface area contributed by atoms with E-state index in [1.54, 1.807) is 7.11 Å². The Bertz CT molecular complexity index is 1100. The quantitative estimate of drug-likeness (QED) is 0.652. The molecule has 0 saturated carbocycles. The highest BCUT2D eigenvalue weighted by molar-refractivity contribution is 5.79. The second-order valence-electron chi connectivity index (χ2n) is 8.03. The third-order valence-electron chi connectivity index (χ3n) is 6.04. The number of piperazine rings is 1. The van der Waals surface area contributed by atoms with Crippen molar-refractivity contribution < 1.29 is 14.3 Å². The summed E-state index contributed by atoms with van der Waals surface area (Å²) in [6.07, 6.45) is 1.81. The molecule has 160 valence electrons. The third-order valence-corrected chi connectivity index (χ3v) is 6.04. The Morgan fingerprint density at radius 2 is 1.87 bits per heavy atom. The second-order valence-corrected chi connectivity index (χ2v) is 8.03. The molecule has 7 nitrogen and oxygen atoms in total. The van der Waals surface area contributed by atoms with Crippen molar-refractivity contribution in [1.29, 1.82) is 0 Å². The summed E-state index contributed by atoms with van der Waals surface area (Å²) < 4.78 is 12.9. The third kappa shape index (κ3) is 3.71. The summed E-state index contributed by atoms with van der Waals surface area (Å²) in [5, 5.41) is 4.51. The molecular formula is C24H26N4O3. The molecule has 0 N–H and O–H groups in total. The molecule has 0 atom stereocenters. The fraction of sp³-hybridized carbons (Fsp3) is 0.333. The zero-order valence-corrected chi connectivity index (χ0v) is 17.9. The van der Waals surface area contributed by atoms with E-state index in [-0.39, 0.29) is 12.5 Å². The first-order valence-corrected chi connectivity index (χ1v) is 10.6. The molecule has 2 aliphatic heterocycles. The molecule has 1 amide bonds. The number of hydrogen-bond acceptors (Lipinski definition) is 5. The maximum atomic E-state index is 13.1. The molecule has 2 aliphatic rings. The molecule has 31 heavy (non-hydrogen) atoms. The van der Waals surface area contributed by atoms with Crippen molar-refractivity contribution in [3.8, 4) is 22.8 Å². The number of carbonyl (C=O) groups excluding carboxylic acids is 1. The number of rotatable bonds is 4. The van der Waals surface area contributed by atoms with Gasteiger partial charge < -0.3 is 19.3 Å². The summed E-state index contributed by atoms with van der Waals surface area (Å²) in [5.74, 6) is 1.80. The van der Waals surface area contributed by atoms with Crippen LogP contribution >= 0.6 is 0 Å². The normalized spacial score (nSPS) is 15.2. The molecule has 0 radical (unpaired) electrons. The average Bonchev–Trinajstić information content (AvgIpc) is 3.22. The number of aromatic nitrogens is 2. The lowest BCUT2D eigenvalue weighted by Gasteiger charge is -2.36. The van der Waals surface area contributed by atoms with Gasteiger partial charge in [-0.1, -0.05) is 11.6 Å². The number of hydrogen-bond donors (Lipinski definition) is 0. The van der Waals surface area contributed by atoms with Gasteiger partial charge >= 0.3 is 0 Å². The number of nitrogens with zero attached hydrogens (tertiary/aromatic N) is 4. The van der Waals surface area contributed by atoms with Crippen LogP contribution in [0.2, 0.25) is 0 Å².